The maximum Gasteiger partial charge on any atom is 0.303 e. The first kappa shape index (κ1) is 21.9. The molecule has 0 aliphatic carbocycles. The number of hydrogen-bond donors (Lipinski definition) is 2. The molecule has 3 heteroatoms. The molecule has 134 valence electrons. The van der Waals surface area contributed by atoms with Crippen molar-refractivity contribution in [3.05, 3.63) is 24.3 Å². The summed E-state index contributed by atoms with van der Waals surface area (Å²) in [5.41, 5.74) is 0. The van der Waals surface area contributed by atoms with E-state index in [2.05, 4.69) is 31.2 Å². The van der Waals surface area contributed by atoms with Crippen molar-refractivity contribution in [3.8, 4) is 0 Å². The molecule has 0 aliphatic heterocycles. The topological polar surface area (TPSA) is 57.5 Å². The standard InChI is InChI=1S/C20H36O3/c1-2-3-13-16-19(21)17-14-11-9-7-5-4-6-8-10-12-15-18-20(22)23/h3,9,11,13,19,21H,2,4-8,10,12,14-18H2,1H3,(H,22,23)/b11-9-,13-3-. The fraction of sp³-hybridized carbons (Fsp3) is 0.750. The van der Waals surface area contributed by atoms with Crippen LogP contribution in [0.5, 0.6) is 0 Å². The lowest BCUT2D eigenvalue weighted by Gasteiger charge is -2.04. The van der Waals surface area contributed by atoms with Gasteiger partial charge in [-0.1, -0.05) is 63.3 Å². The number of aliphatic hydroxyl groups excluding tert-OH is 1. The van der Waals surface area contributed by atoms with Gasteiger partial charge in [-0.25, -0.2) is 0 Å². The summed E-state index contributed by atoms with van der Waals surface area (Å²) >= 11 is 0. The minimum absolute atomic E-state index is 0.205. The van der Waals surface area contributed by atoms with Crippen LogP contribution in [0.3, 0.4) is 0 Å². The Labute approximate surface area is 142 Å². The average molecular weight is 325 g/mol. The van der Waals surface area contributed by atoms with Crippen LogP contribution in [0.25, 0.3) is 0 Å². The normalized spacial score (nSPS) is 13.1. The van der Waals surface area contributed by atoms with E-state index in [-0.39, 0.29) is 6.10 Å². The summed E-state index contributed by atoms with van der Waals surface area (Å²) in [6.07, 6.45) is 21.4. The highest BCUT2D eigenvalue weighted by Crippen LogP contribution is 2.10. The molecule has 0 bridgehead atoms. The van der Waals surface area contributed by atoms with Crippen LogP contribution in [0.15, 0.2) is 24.3 Å². The van der Waals surface area contributed by atoms with Crippen LogP contribution in [-0.2, 0) is 4.79 Å². The highest BCUT2D eigenvalue weighted by molar-refractivity contribution is 5.66. The smallest absolute Gasteiger partial charge is 0.303 e. The Balaban J connectivity index is 3.25. The van der Waals surface area contributed by atoms with Crippen LogP contribution in [-0.4, -0.2) is 22.3 Å². The zero-order valence-corrected chi connectivity index (χ0v) is 14.9. The summed E-state index contributed by atoms with van der Waals surface area (Å²) in [4.78, 5) is 10.4. The van der Waals surface area contributed by atoms with Crippen LogP contribution in [0.1, 0.15) is 90.4 Å². The van der Waals surface area contributed by atoms with E-state index in [9.17, 15) is 9.90 Å². The van der Waals surface area contributed by atoms with Crippen LogP contribution in [0.4, 0.5) is 0 Å². The Morgan fingerprint density at radius 3 is 2.13 bits per heavy atom. The van der Waals surface area contributed by atoms with Crippen molar-refractivity contribution >= 4 is 5.97 Å². The fourth-order valence-electron chi connectivity index (χ4n) is 2.48. The molecule has 0 saturated carbocycles. The van der Waals surface area contributed by atoms with Gasteiger partial charge in [-0.3, -0.25) is 4.79 Å². The average Bonchev–Trinajstić information content (AvgIpc) is 2.51. The van der Waals surface area contributed by atoms with Crippen molar-refractivity contribution in [1.82, 2.24) is 0 Å². The Hall–Kier alpha value is -1.09. The zero-order chi connectivity index (χ0) is 17.2. The second kappa shape index (κ2) is 17.3. The maximum atomic E-state index is 10.4. The van der Waals surface area contributed by atoms with Crippen LogP contribution in [0.2, 0.25) is 0 Å². The van der Waals surface area contributed by atoms with E-state index in [0.29, 0.717) is 6.42 Å². The molecule has 0 rings (SSSR count). The summed E-state index contributed by atoms with van der Waals surface area (Å²) in [6, 6.07) is 0. The van der Waals surface area contributed by atoms with E-state index in [4.69, 9.17) is 5.11 Å². The van der Waals surface area contributed by atoms with Crippen molar-refractivity contribution in [1.29, 1.82) is 0 Å². The van der Waals surface area contributed by atoms with Gasteiger partial charge in [0.15, 0.2) is 0 Å². The first-order chi connectivity index (χ1) is 11.2. The number of aliphatic carboxylic acids is 1. The van der Waals surface area contributed by atoms with Gasteiger partial charge < -0.3 is 10.2 Å². The lowest BCUT2D eigenvalue weighted by atomic mass is 10.1. The van der Waals surface area contributed by atoms with Crippen molar-refractivity contribution < 1.29 is 15.0 Å². The Kier molecular flexibility index (Phi) is 16.4. The molecule has 0 aromatic carbocycles. The molecule has 3 nitrogen and oxygen atoms in total. The first-order valence-corrected chi connectivity index (χ1v) is 9.36. The second-order valence-corrected chi connectivity index (χ2v) is 6.23. The Bertz CT molecular complexity index is 321. The highest BCUT2D eigenvalue weighted by atomic mass is 16.4. The molecule has 0 fully saturated rings. The largest absolute Gasteiger partial charge is 0.481 e. The molecule has 0 spiro atoms. The molecule has 1 atom stereocenters. The van der Waals surface area contributed by atoms with Gasteiger partial charge in [0.1, 0.15) is 0 Å². The predicted octanol–water partition coefficient (Wildman–Crippen LogP) is 5.64. The molecule has 0 aliphatic rings. The van der Waals surface area contributed by atoms with E-state index in [1.807, 2.05) is 0 Å². The lowest BCUT2D eigenvalue weighted by molar-refractivity contribution is -0.137. The Morgan fingerprint density at radius 1 is 0.870 bits per heavy atom. The van der Waals surface area contributed by atoms with Crippen molar-refractivity contribution in [2.45, 2.75) is 96.5 Å². The van der Waals surface area contributed by atoms with Crippen molar-refractivity contribution in [2.75, 3.05) is 0 Å². The van der Waals surface area contributed by atoms with E-state index >= 15 is 0 Å². The second-order valence-electron chi connectivity index (χ2n) is 6.23. The molecule has 0 aromatic heterocycles. The zero-order valence-electron chi connectivity index (χ0n) is 14.9. The van der Waals surface area contributed by atoms with E-state index < -0.39 is 5.97 Å². The van der Waals surface area contributed by atoms with Gasteiger partial charge in [-0.05, 0) is 44.9 Å². The van der Waals surface area contributed by atoms with Gasteiger partial charge in [0.25, 0.3) is 0 Å². The van der Waals surface area contributed by atoms with Gasteiger partial charge in [0.2, 0.25) is 0 Å². The van der Waals surface area contributed by atoms with Gasteiger partial charge in [-0.15, -0.1) is 0 Å². The van der Waals surface area contributed by atoms with Crippen LogP contribution < -0.4 is 0 Å². The van der Waals surface area contributed by atoms with E-state index in [1.54, 1.807) is 0 Å². The minimum atomic E-state index is -0.679. The molecule has 0 aromatic rings. The monoisotopic (exact) mass is 324 g/mol. The molecule has 1 unspecified atom stereocenters. The number of carbonyl (C=O) groups is 1. The molecule has 23 heavy (non-hydrogen) atoms. The number of aliphatic hydroxyl groups is 1. The summed E-state index contributed by atoms with van der Waals surface area (Å²) in [5, 5.41) is 18.3. The summed E-state index contributed by atoms with van der Waals surface area (Å²) < 4.78 is 0. The van der Waals surface area contributed by atoms with Crippen molar-refractivity contribution in [2.24, 2.45) is 0 Å². The lowest BCUT2D eigenvalue weighted by Crippen LogP contribution is -2.03. The van der Waals surface area contributed by atoms with Crippen LogP contribution in [0, 0.1) is 0 Å². The quantitative estimate of drug-likeness (QED) is 0.285. The molecule has 0 radical (unpaired) electrons. The number of allylic oxidation sites excluding steroid dienone is 3. The van der Waals surface area contributed by atoms with Gasteiger partial charge in [0.05, 0.1) is 6.10 Å². The molecule has 2 N–H and O–H groups in total. The Morgan fingerprint density at radius 2 is 1.48 bits per heavy atom. The number of unbranched alkanes of at least 4 members (excludes halogenated alkanes) is 7. The summed E-state index contributed by atoms with van der Waals surface area (Å²) in [6.45, 7) is 2.10. The molecule has 0 heterocycles. The van der Waals surface area contributed by atoms with Crippen molar-refractivity contribution in [3.63, 3.8) is 0 Å². The third kappa shape index (κ3) is 18.9. The van der Waals surface area contributed by atoms with E-state index in [1.165, 1.54) is 25.7 Å². The predicted molar refractivity (Wildman–Crippen MR) is 97.6 cm³/mol. The molecule has 0 amide bonds. The first-order valence-electron chi connectivity index (χ1n) is 9.36. The third-order valence-electron chi connectivity index (χ3n) is 3.91. The summed E-state index contributed by atoms with van der Waals surface area (Å²) in [5.74, 6) is -0.679. The molecular weight excluding hydrogens is 288 g/mol. The SMILES string of the molecule is CC/C=C\CC(O)CC/C=C\CCCCCCCCCC(=O)O. The highest BCUT2D eigenvalue weighted by Gasteiger charge is 1.99. The number of hydrogen-bond acceptors (Lipinski definition) is 2. The molecule has 0 saturated heterocycles. The molecular formula is C20H36O3. The maximum absolute atomic E-state index is 10.4. The number of carboxylic acid groups (broad SMARTS) is 1. The number of carboxylic acids is 1. The van der Waals surface area contributed by atoms with E-state index in [0.717, 1.165) is 51.4 Å². The summed E-state index contributed by atoms with van der Waals surface area (Å²) in [7, 11) is 0. The minimum Gasteiger partial charge on any atom is -0.481 e. The fourth-order valence-corrected chi connectivity index (χ4v) is 2.48. The van der Waals surface area contributed by atoms with Crippen LogP contribution >= 0.6 is 0 Å². The third-order valence-corrected chi connectivity index (χ3v) is 3.91. The van der Waals surface area contributed by atoms with Gasteiger partial charge in [-0.2, -0.15) is 0 Å². The number of rotatable bonds is 16. The van der Waals surface area contributed by atoms with Gasteiger partial charge >= 0.3 is 5.97 Å². The van der Waals surface area contributed by atoms with Gasteiger partial charge in [0, 0.05) is 6.42 Å².